The van der Waals surface area contributed by atoms with Crippen molar-refractivity contribution in [3.63, 3.8) is 0 Å². The highest BCUT2D eigenvalue weighted by atomic mass is 16.2. The Labute approximate surface area is 166 Å². The van der Waals surface area contributed by atoms with Crippen molar-refractivity contribution in [2.24, 2.45) is 0 Å². The largest absolute Gasteiger partial charge is 0.371 e. The molecule has 0 unspecified atom stereocenters. The molecule has 1 aliphatic rings. The number of carbonyl (C=O) groups is 1. The topological polar surface area (TPSA) is 41.4 Å². The average molecular weight is 377 g/mol. The van der Waals surface area contributed by atoms with Gasteiger partial charge in [0.2, 0.25) is 5.91 Å². The predicted molar refractivity (Wildman–Crippen MR) is 113 cm³/mol. The van der Waals surface area contributed by atoms with Crippen LogP contribution in [0.15, 0.2) is 48.5 Å². The highest BCUT2D eigenvalue weighted by Crippen LogP contribution is 2.25. The number of rotatable bonds is 6. The molecule has 1 amide bonds. The number of para-hydroxylation sites is 3. The molecule has 5 nitrogen and oxygen atoms in total. The van der Waals surface area contributed by atoms with Gasteiger partial charge in [0.05, 0.1) is 11.0 Å². The van der Waals surface area contributed by atoms with E-state index in [0.717, 1.165) is 36.4 Å². The number of hydrogen-bond acceptors (Lipinski definition) is 3. The maximum Gasteiger partial charge on any atom is 0.242 e. The third kappa shape index (κ3) is 3.61. The molecule has 0 bridgehead atoms. The number of imidazole rings is 1. The van der Waals surface area contributed by atoms with Crippen LogP contribution in [-0.4, -0.2) is 40.5 Å². The molecule has 5 heteroatoms. The molecule has 146 valence electrons. The quantitative estimate of drug-likeness (QED) is 0.656. The minimum absolute atomic E-state index is 0.106. The molecule has 0 atom stereocenters. The predicted octanol–water partition coefficient (Wildman–Crippen LogP) is 3.86. The van der Waals surface area contributed by atoms with Crippen molar-refractivity contribution in [2.45, 2.75) is 39.3 Å². The van der Waals surface area contributed by atoms with Crippen LogP contribution in [0.1, 0.15) is 31.2 Å². The lowest BCUT2D eigenvalue weighted by molar-refractivity contribution is -0.131. The van der Waals surface area contributed by atoms with Gasteiger partial charge in [0.15, 0.2) is 0 Å². The van der Waals surface area contributed by atoms with Crippen LogP contribution in [0, 0.1) is 0 Å². The number of aromatic nitrogens is 2. The Morgan fingerprint density at radius 1 is 1.07 bits per heavy atom. The zero-order chi connectivity index (χ0) is 19.5. The van der Waals surface area contributed by atoms with E-state index in [4.69, 9.17) is 0 Å². The molecule has 0 radical (unpaired) electrons. The summed E-state index contributed by atoms with van der Waals surface area (Å²) >= 11 is 0. The minimum atomic E-state index is 0.106. The van der Waals surface area contributed by atoms with Gasteiger partial charge in [-0.2, -0.15) is 0 Å². The number of anilines is 1. The number of likely N-dealkylation sites (N-methyl/N-ethyl adjacent to an activating group) is 1. The Balaban J connectivity index is 1.52. The molecule has 4 rings (SSSR count). The molecule has 2 aromatic carbocycles. The van der Waals surface area contributed by atoms with Crippen molar-refractivity contribution in [2.75, 3.05) is 25.0 Å². The molecule has 2 heterocycles. The number of benzene rings is 2. The van der Waals surface area contributed by atoms with Crippen LogP contribution >= 0.6 is 0 Å². The second kappa shape index (κ2) is 8.05. The van der Waals surface area contributed by atoms with Crippen LogP contribution in [-0.2, 0) is 24.3 Å². The first-order chi connectivity index (χ1) is 13.7. The van der Waals surface area contributed by atoms with Gasteiger partial charge in [0, 0.05) is 38.8 Å². The summed E-state index contributed by atoms with van der Waals surface area (Å²) in [6.45, 7) is 5.25. The summed E-state index contributed by atoms with van der Waals surface area (Å²) in [5, 5.41) is 0. The number of carbonyl (C=O) groups excluding carboxylic acids is 1. The standard InChI is InChI=1S/C23H28N4O/c1-3-22-24-19-11-5-7-13-21(19)27(22)17-23(28)25(2)16-18-10-4-6-12-20(18)26-14-8-9-15-26/h4-7,10-13H,3,8-9,14-17H2,1-2H3. The van der Waals surface area contributed by atoms with E-state index in [9.17, 15) is 4.79 Å². The van der Waals surface area contributed by atoms with Gasteiger partial charge < -0.3 is 14.4 Å². The van der Waals surface area contributed by atoms with Crippen LogP contribution in [0.4, 0.5) is 5.69 Å². The molecule has 1 aromatic heterocycles. The molecule has 3 aromatic rings. The van der Waals surface area contributed by atoms with Crippen molar-refractivity contribution in [3.05, 3.63) is 59.9 Å². The Hall–Kier alpha value is -2.82. The van der Waals surface area contributed by atoms with Crippen molar-refractivity contribution in [1.29, 1.82) is 0 Å². The van der Waals surface area contributed by atoms with Gasteiger partial charge in [-0.05, 0) is 36.6 Å². The maximum atomic E-state index is 13.0. The van der Waals surface area contributed by atoms with Gasteiger partial charge in [-0.3, -0.25) is 4.79 Å². The average Bonchev–Trinajstić information content (AvgIpc) is 3.37. The molecule has 0 N–H and O–H groups in total. The Morgan fingerprint density at radius 2 is 1.79 bits per heavy atom. The van der Waals surface area contributed by atoms with Crippen LogP contribution < -0.4 is 4.90 Å². The van der Waals surface area contributed by atoms with E-state index in [0.29, 0.717) is 13.1 Å². The van der Waals surface area contributed by atoms with Crippen LogP contribution in [0.3, 0.4) is 0 Å². The van der Waals surface area contributed by atoms with Crippen molar-refractivity contribution in [1.82, 2.24) is 14.5 Å². The van der Waals surface area contributed by atoms with Gasteiger partial charge in [0.1, 0.15) is 12.4 Å². The summed E-state index contributed by atoms with van der Waals surface area (Å²) in [5.41, 5.74) is 4.46. The van der Waals surface area contributed by atoms with Crippen LogP contribution in [0.5, 0.6) is 0 Å². The summed E-state index contributed by atoms with van der Waals surface area (Å²) in [6, 6.07) is 16.5. The lowest BCUT2D eigenvalue weighted by Crippen LogP contribution is -2.31. The number of amides is 1. The first-order valence-corrected chi connectivity index (χ1v) is 10.2. The van der Waals surface area contributed by atoms with Gasteiger partial charge in [-0.25, -0.2) is 4.98 Å². The van der Waals surface area contributed by atoms with E-state index in [1.807, 2.05) is 36.2 Å². The van der Waals surface area contributed by atoms with Crippen LogP contribution in [0.2, 0.25) is 0 Å². The van der Waals surface area contributed by atoms with Gasteiger partial charge in [0.25, 0.3) is 0 Å². The van der Waals surface area contributed by atoms with Gasteiger partial charge >= 0.3 is 0 Å². The highest BCUT2D eigenvalue weighted by molar-refractivity contribution is 5.81. The number of fused-ring (bicyclic) bond motifs is 1. The summed E-state index contributed by atoms with van der Waals surface area (Å²) in [4.78, 5) is 22.0. The Morgan fingerprint density at radius 3 is 2.57 bits per heavy atom. The summed E-state index contributed by atoms with van der Waals surface area (Å²) in [6.07, 6.45) is 3.30. The Bertz CT molecular complexity index is 972. The first-order valence-electron chi connectivity index (χ1n) is 10.2. The number of hydrogen-bond donors (Lipinski definition) is 0. The van der Waals surface area contributed by atoms with Gasteiger partial charge in [-0.1, -0.05) is 37.3 Å². The van der Waals surface area contributed by atoms with Crippen molar-refractivity contribution in [3.8, 4) is 0 Å². The lowest BCUT2D eigenvalue weighted by Gasteiger charge is -2.25. The molecule has 1 fully saturated rings. The second-order valence-corrected chi connectivity index (χ2v) is 7.53. The molecular weight excluding hydrogens is 348 g/mol. The fourth-order valence-corrected chi connectivity index (χ4v) is 4.08. The number of aryl methyl sites for hydroxylation is 1. The molecule has 28 heavy (non-hydrogen) atoms. The molecule has 1 saturated heterocycles. The second-order valence-electron chi connectivity index (χ2n) is 7.53. The lowest BCUT2D eigenvalue weighted by atomic mass is 10.1. The normalized spacial score (nSPS) is 14.0. The van der Waals surface area contributed by atoms with E-state index in [1.165, 1.54) is 24.1 Å². The van der Waals surface area contributed by atoms with E-state index < -0.39 is 0 Å². The molecule has 0 aliphatic carbocycles. The Kier molecular flexibility index (Phi) is 5.33. The summed E-state index contributed by atoms with van der Waals surface area (Å²) in [7, 11) is 1.90. The summed E-state index contributed by atoms with van der Waals surface area (Å²) < 4.78 is 2.06. The maximum absolute atomic E-state index is 13.0. The van der Waals surface area contributed by atoms with E-state index >= 15 is 0 Å². The third-order valence-electron chi connectivity index (χ3n) is 5.61. The summed E-state index contributed by atoms with van der Waals surface area (Å²) in [5.74, 6) is 1.06. The van der Waals surface area contributed by atoms with E-state index in [-0.39, 0.29) is 5.91 Å². The SMILES string of the molecule is CCc1nc2ccccc2n1CC(=O)N(C)Cc1ccccc1N1CCCC1. The van der Waals surface area contributed by atoms with E-state index in [1.54, 1.807) is 0 Å². The van der Waals surface area contributed by atoms with Crippen molar-refractivity contribution < 1.29 is 4.79 Å². The van der Waals surface area contributed by atoms with Gasteiger partial charge in [-0.15, -0.1) is 0 Å². The van der Waals surface area contributed by atoms with Crippen molar-refractivity contribution >= 4 is 22.6 Å². The molecular formula is C23H28N4O. The third-order valence-corrected chi connectivity index (χ3v) is 5.61. The molecule has 0 spiro atoms. The first kappa shape index (κ1) is 18.5. The zero-order valence-corrected chi connectivity index (χ0v) is 16.8. The minimum Gasteiger partial charge on any atom is -0.371 e. The van der Waals surface area contributed by atoms with E-state index in [2.05, 4.69) is 45.6 Å². The van der Waals surface area contributed by atoms with Crippen LogP contribution in [0.25, 0.3) is 11.0 Å². The molecule has 1 aliphatic heterocycles. The zero-order valence-electron chi connectivity index (χ0n) is 16.8. The fourth-order valence-electron chi connectivity index (χ4n) is 4.08. The molecule has 0 saturated carbocycles. The number of nitrogens with zero attached hydrogens (tertiary/aromatic N) is 4. The fraction of sp³-hybridized carbons (Fsp3) is 0.391. The monoisotopic (exact) mass is 376 g/mol. The highest BCUT2D eigenvalue weighted by Gasteiger charge is 2.19. The smallest absolute Gasteiger partial charge is 0.242 e.